The van der Waals surface area contributed by atoms with Crippen LogP contribution in [0.2, 0.25) is 0 Å². The van der Waals surface area contributed by atoms with Gasteiger partial charge in [0, 0.05) is 26.2 Å². The Morgan fingerprint density at radius 2 is 2.05 bits per heavy atom. The second-order valence-corrected chi connectivity index (χ2v) is 6.53. The van der Waals surface area contributed by atoms with E-state index in [0.29, 0.717) is 31.9 Å². The third-order valence-corrected chi connectivity index (χ3v) is 4.72. The molecule has 7 heteroatoms. The molecule has 1 saturated heterocycles. The number of nitrogens with zero attached hydrogens (tertiary/aromatic N) is 1. The highest BCUT2D eigenvalue weighted by atomic mass is 32.2. The van der Waals surface area contributed by atoms with Crippen LogP contribution in [-0.4, -0.2) is 52.7 Å². The molecule has 0 radical (unpaired) electrons. The van der Waals surface area contributed by atoms with Gasteiger partial charge in [0.15, 0.2) is 0 Å². The number of hydrogen-bond donors (Lipinski definition) is 1. The normalized spacial score (nSPS) is 17.3. The van der Waals surface area contributed by atoms with Crippen molar-refractivity contribution in [3.8, 4) is 0 Å². The molecule has 112 valence electrons. The van der Waals surface area contributed by atoms with Crippen LogP contribution < -0.4 is 4.72 Å². The number of hydrogen-bond acceptors (Lipinski definition) is 4. The van der Waals surface area contributed by atoms with Gasteiger partial charge in [0.05, 0.1) is 18.1 Å². The summed E-state index contributed by atoms with van der Waals surface area (Å²) in [6, 6.07) is 3.79. The Bertz CT molecular complexity index is 557. The molecule has 1 aliphatic heterocycles. The fourth-order valence-electron chi connectivity index (χ4n) is 2.03. The van der Waals surface area contributed by atoms with Crippen LogP contribution in [0.3, 0.4) is 0 Å². The van der Waals surface area contributed by atoms with Crippen molar-refractivity contribution in [1.82, 2.24) is 9.62 Å². The maximum absolute atomic E-state index is 13.1. The van der Waals surface area contributed by atoms with Crippen LogP contribution in [0.4, 0.5) is 4.39 Å². The van der Waals surface area contributed by atoms with Crippen LogP contribution in [0.15, 0.2) is 23.1 Å². The number of nitrogens with one attached hydrogen (secondary N) is 1. The lowest BCUT2D eigenvalue weighted by molar-refractivity contribution is 0.0390. The number of sulfonamides is 1. The van der Waals surface area contributed by atoms with Gasteiger partial charge < -0.3 is 4.74 Å². The first-order valence-electron chi connectivity index (χ1n) is 6.55. The average molecular weight is 302 g/mol. The molecule has 1 aromatic carbocycles. The molecule has 20 heavy (non-hydrogen) atoms. The number of benzene rings is 1. The van der Waals surface area contributed by atoms with Gasteiger partial charge in [0.2, 0.25) is 10.0 Å². The van der Waals surface area contributed by atoms with Crippen molar-refractivity contribution in [3.63, 3.8) is 0 Å². The second kappa shape index (κ2) is 6.62. The van der Waals surface area contributed by atoms with Gasteiger partial charge in [-0.1, -0.05) is 0 Å². The number of morpholine rings is 1. The zero-order valence-corrected chi connectivity index (χ0v) is 12.2. The Labute approximate surface area is 118 Å². The van der Waals surface area contributed by atoms with Gasteiger partial charge in [-0.25, -0.2) is 17.5 Å². The van der Waals surface area contributed by atoms with E-state index < -0.39 is 15.8 Å². The van der Waals surface area contributed by atoms with Gasteiger partial charge in [0.1, 0.15) is 5.82 Å². The molecule has 2 rings (SSSR count). The van der Waals surface area contributed by atoms with E-state index in [0.717, 1.165) is 13.1 Å². The molecular formula is C13H19FN2O3S. The third kappa shape index (κ3) is 3.99. The Hall–Kier alpha value is -1.02. The van der Waals surface area contributed by atoms with Crippen LogP contribution in [0.25, 0.3) is 0 Å². The van der Waals surface area contributed by atoms with Crippen molar-refractivity contribution < 1.29 is 17.5 Å². The second-order valence-electron chi connectivity index (χ2n) is 4.76. The van der Waals surface area contributed by atoms with Crippen molar-refractivity contribution in [2.24, 2.45) is 0 Å². The summed E-state index contributed by atoms with van der Waals surface area (Å²) in [4.78, 5) is 2.24. The summed E-state index contributed by atoms with van der Waals surface area (Å²) < 4.78 is 45.0. The summed E-state index contributed by atoms with van der Waals surface area (Å²) in [6.07, 6.45) is 0. The van der Waals surface area contributed by atoms with E-state index in [9.17, 15) is 12.8 Å². The van der Waals surface area contributed by atoms with E-state index in [-0.39, 0.29) is 4.90 Å². The number of halogens is 1. The summed E-state index contributed by atoms with van der Waals surface area (Å²) >= 11 is 0. The van der Waals surface area contributed by atoms with Gasteiger partial charge in [-0.3, -0.25) is 4.90 Å². The maximum Gasteiger partial charge on any atom is 0.240 e. The SMILES string of the molecule is Cc1cc(S(=O)(=O)NCCN2CCOCC2)ccc1F. The average Bonchev–Trinajstić information content (AvgIpc) is 2.43. The van der Waals surface area contributed by atoms with Crippen LogP contribution in [0.1, 0.15) is 5.56 Å². The van der Waals surface area contributed by atoms with Crippen molar-refractivity contribution in [2.75, 3.05) is 39.4 Å². The van der Waals surface area contributed by atoms with E-state index in [1.54, 1.807) is 6.92 Å². The zero-order chi connectivity index (χ0) is 14.6. The van der Waals surface area contributed by atoms with E-state index in [1.165, 1.54) is 18.2 Å². The third-order valence-electron chi connectivity index (χ3n) is 3.26. The molecule has 0 aliphatic carbocycles. The Balaban J connectivity index is 1.91. The minimum absolute atomic E-state index is 0.0957. The largest absolute Gasteiger partial charge is 0.379 e. The van der Waals surface area contributed by atoms with Crippen LogP contribution in [0, 0.1) is 12.7 Å². The molecule has 1 aliphatic rings. The predicted octanol–water partition coefficient (Wildman–Crippen LogP) is 0.745. The molecule has 0 bridgehead atoms. The summed E-state index contributed by atoms with van der Waals surface area (Å²) in [5.74, 6) is -0.405. The summed E-state index contributed by atoms with van der Waals surface area (Å²) in [6.45, 7) is 5.52. The van der Waals surface area contributed by atoms with Crippen molar-refractivity contribution >= 4 is 10.0 Å². The summed E-state index contributed by atoms with van der Waals surface area (Å²) in [5.41, 5.74) is 0.320. The van der Waals surface area contributed by atoms with Gasteiger partial charge in [0.25, 0.3) is 0 Å². The van der Waals surface area contributed by atoms with E-state index in [1.807, 2.05) is 0 Å². The van der Waals surface area contributed by atoms with Crippen molar-refractivity contribution in [2.45, 2.75) is 11.8 Å². The van der Waals surface area contributed by atoms with Gasteiger partial charge in [-0.15, -0.1) is 0 Å². The summed E-state index contributed by atoms with van der Waals surface area (Å²) in [5, 5.41) is 0. The zero-order valence-electron chi connectivity index (χ0n) is 11.4. The molecule has 0 aromatic heterocycles. The molecule has 0 saturated carbocycles. The minimum atomic E-state index is -3.57. The first-order valence-corrected chi connectivity index (χ1v) is 8.03. The Morgan fingerprint density at radius 1 is 1.35 bits per heavy atom. The highest BCUT2D eigenvalue weighted by molar-refractivity contribution is 7.89. The molecule has 1 N–H and O–H groups in total. The van der Waals surface area contributed by atoms with Gasteiger partial charge >= 0.3 is 0 Å². The van der Waals surface area contributed by atoms with Gasteiger partial charge in [-0.2, -0.15) is 0 Å². The Morgan fingerprint density at radius 3 is 2.70 bits per heavy atom. The molecule has 1 aromatic rings. The lowest BCUT2D eigenvalue weighted by atomic mass is 10.2. The van der Waals surface area contributed by atoms with Crippen LogP contribution in [0.5, 0.6) is 0 Å². The minimum Gasteiger partial charge on any atom is -0.379 e. The molecular weight excluding hydrogens is 283 g/mol. The lowest BCUT2D eigenvalue weighted by Crippen LogP contribution is -2.41. The van der Waals surface area contributed by atoms with Crippen LogP contribution >= 0.6 is 0 Å². The highest BCUT2D eigenvalue weighted by Crippen LogP contribution is 2.13. The molecule has 0 spiro atoms. The standard InChI is InChI=1S/C13H19FN2O3S/c1-11-10-12(2-3-13(11)14)20(17,18)15-4-5-16-6-8-19-9-7-16/h2-3,10,15H,4-9H2,1H3. The predicted molar refractivity (Wildman–Crippen MR) is 73.6 cm³/mol. The van der Waals surface area contributed by atoms with E-state index in [2.05, 4.69) is 9.62 Å². The van der Waals surface area contributed by atoms with Crippen molar-refractivity contribution in [3.05, 3.63) is 29.6 Å². The Kier molecular flexibility index (Phi) is 5.09. The molecule has 1 heterocycles. The van der Waals surface area contributed by atoms with Crippen LogP contribution in [-0.2, 0) is 14.8 Å². The molecule has 5 nitrogen and oxygen atoms in total. The first kappa shape index (κ1) is 15.4. The monoisotopic (exact) mass is 302 g/mol. The fraction of sp³-hybridized carbons (Fsp3) is 0.538. The maximum atomic E-state index is 13.1. The lowest BCUT2D eigenvalue weighted by Gasteiger charge is -2.26. The number of ether oxygens (including phenoxy) is 1. The number of aryl methyl sites for hydroxylation is 1. The molecule has 0 atom stereocenters. The molecule has 1 fully saturated rings. The highest BCUT2D eigenvalue weighted by Gasteiger charge is 2.16. The molecule has 0 unspecified atom stereocenters. The molecule has 0 amide bonds. The smallest absolute Gasteiger partial charge is 0.240 e. The summed E-state index contributed by atoms with van der Waals surface area (Å²) in [7, 11) is -3.57. The van der Waals surface area contributed by atoms with E-state index in [4.69, 9.17) is 4.74 Å². The van der Waals surface area contributed by atoms with E-state index >= 15 is 0 Å². The topological polar surface area (TPSA) is 58.6 Å². The van der Waals surface area contributed by atoms with Crippen molar-refractivity contribution in [1.29, 1.82) is 0 Å². The fourth-order valence-corrected chi connectivity index (χ4v) is 3.14. The quantitative estimate of drug-likeness (QED) is 0.872. The number of rotatable bonds is 5. The first-order chi connectivity index (χ1) is 9.49. The van der Waals surface area contributed by atoms with Gasteiger partial charge in [-0.05, 0) is 30.7 Å².